The van der Waals surface area contributed by atoms with Gasteiger partial charge < -0.3 is 0 Å². The van der Waals surface area contributed by atoms with Crippen molar-refractivity contribution in [2.75, 3.05) is 0 Å². The highest BCUT2D eigenvalue weighted by atomic mass is 27.0. The predicted molar refractivity (Wildman–Crippen MR) is 37.4 cm³/mol. The first-order valence-electron chi connectivity index (χ1n) is 3.31. The molecule has 0 amide bonds. The first-order valence-corrected chi connectivity index (χ1v) is 4.72. The van der Waals surface area contributed by atoms with E-state index in [9.17, 15) is 0 Å². The van der Waals surface area contributed by atoms with Crippen LogP contribution >= 0.6 is 0 Å². The van der Waals surface area contributed by atoms with Gasteiger partial charge in [0.25, 0.3) is 0 Å². The van der Waals surface area contributed by atoms with Gasteiger partial charge in [0.15, 0.2) is 0 Å². The van der Waals surface area contributed by atoms with E-state index in [1.165, 1.54) is 34.4 Å². The molecule has 1 heteroatoms. The second-order valence-corrected chi connectivity index (χ2v) is 3.30. The third-order valence-electron chi connectivity index (χ3n) is 1.48. The maximum atomic E-state index is 2.33. The summed E-state index contributed by atoms with van der Waals surface area (Å²) in [6.07, 6.45) is 2.82. The molecular weight excluding hydrogens is 99.0 g/mol. The minimum Gasteiger partial charge on any atom is -0.101 e. The molecule has 0 aromatic heterocycles. The first-order chi connectivity index (χ1) is 3.31. The van der Waals surface area contributed by atoms with Gasteiger partial charge in [-0.15, -0.1) is 5.28 Å². The lowest BCUT2D eigenvalue weighted by Gasteiger charge is -2.02. The van der Waals surface area contributed by atoms with Gasteiger partial charge in [-0.25, -0.2) is 0 Å². The lowest BCUT2D eigenvalue weighted by atomic mass is 10.1. The average Bonchev–Trinajstić information content (AvgIpc) is 1.68. The molecule has 42 valence electrons. The molecule has 0 spiro atoms. The van der Waals surface area contributed by atoms with Gasteiger partial charge in [-0.3, -0.25) is 0 Å². The standard InChI is InChI=1S/C6H13.Al.2H/c1-4-6(3)5-2;;;/h6H,1,4-5H2,2-3H3;;;. The van der Waals surface area contributed by atoms with E-state index >= 15 is 0 Å². The fourth-order valence-corrected chi connectivity index (χ4v) is 1.68. The number of hydrogen-bond donors (Lipinski definition) is 0. The Labute approximate surface area is 54.7 Å². The normalized spacial score (nSPS) is 14.0. The summed E-state index contributed by atoms with van der Waals surface area (Å²) in [5.74, 6) is 0.984. The summed E-state index contributed by atoms with van der Waals surface area (Å²) >= 11 is 1.39. The molecule has 0 aliphatic carbocycles. The molecule has 0 bridgehead atoms. The molecule has 0 saturated carbocycles. The van der Waals surface area contributed by atoms with Crippen LogP contribution < -0.4 is 0 Å². The van der Waals surface area contributed by atoms with Crippen molar-refractivity contribution in [1.82, 2.24) is 0 Å². The maximum Gasteiger partial charge on any atom is 0.211 e. The van der Waals surface area contributed by atoms with Crippen LogP contribution in [0.3, 0.4) is 0 Å². The van der Waals surface area contributed by atoms with Crippen molar-refractivity contribution >= 4 is 16.3 Å². The van der Waals surface area contributed by atoms with Crippen LogP contribution in [0.4, 0.5) is 0 Å². The van der Waals surface area contributed by atoms with Gasteiger partial charge in [0.05, 0.1) is 0 Å². The van der Waals surface area contributed by atoms with Crippen LogP contribution in [0.25, 0.3) is 0 Å². The Morgan fingerprint density at radius 3 is 2.29 bits per heavy atom. The zero-order chi connectivity index (χ0) is 5.70. The molecule has 0 fully saturated rings. The molecule has 0 heterocycles. The highest BCUT2D eigenvalue weighted by molar-refractivity contribution is 6.08. The second-order valence-electron chi connectivity index (χ2n) is 2.30. The zero-order valence-electron chi connectivity index (χ0n) is 5.70. The van der Waals surface area contributed by atoms with E-state index in [2.05, 4.69) is 13.8 Å². The minimum absolute atomic E-state index is 0.984. The van der Waals surface area contributed by atoms with Crippen molar-refractivity contribution in [2.45, 2.75) is 32.0 Å². The smallest absolute Gasteiger partial charge is 0.101 e. The Kier molecular flexibility index (Phi) is 5.04. The highest BCUT2D eigenvalue weighted by Gasteiger charge is 1.92. The largest absolute Gasteiger partial charge is 0.211 e. The molecule has 0 radical (unpaired) electrons. The molecule has 0 aliphatic rings. The summed E-state index contributed by atoms with van der Waals surface area (Å²) in [7, 11) is 0. The van der Waals surface area contributed by atoms with Crippen molar-refractivity contribution in [3.63, 3.8) is 0 Å². The molecule has 0 nitrogen and oxygen atoms in total. The van der Waals surface area contributed by atoms with Crippen LogP contribution in [0, 0.1) is 5.92 Å². The van der Waals surface area contributed by atoms with E-state index in [4.69, 9.17) is 0 Å². The minimum atomic E-state index is 0.984. The topological polar surface area (TPSA) is 0 Å². The summed E-state index contributed by atoms with van der Waals surface area (Å²) < 4.78 is 0. The van der Waals surface area contributed by atoms with Crippen molar-refractivity contribution in [1.29, 1.82) is 0 Å². The number of hydrogen-bond acceptors (Lipinski definition) is 0. The van der Waals surface area contributed by atoms with Crippen molar-refractivity contribution in [3.8, 4) is 0 Å². The van der Waals surface area contributed by atoms with Gasteiger partial charge in [0.1, 0.15) is 0 Å². The zero-order valence-corrected chi connectivity index (χ0v) is 7.70. The lowest BCUT2D eigenvalue weighted by molar-refractivity contribution is 0.544. The van der Waals surface area contributed by atoms with Gasteiger partial charge in [0, 0.05) is 0 Å². The van der Waals surface area contributed by atoms with Crippen LogP contribution in [0.15, 0.2) is 0 Å². The van der Waals surface area contributed by atoms with E-state index in [1.807, 2.05) is 0 Å². The summed E-state index contributed by atoms with van der Waals surface area (Å²) in [6, 6.07) is 0. The van der Waals surface area contributed by atoms with E-state index in [0.717, 1.165) is 5.92 Å². The Morgan fingerprint density at radius 1 is 1.57 bits per heavy atom. The summed E-state index contributed by atoms with van der Waals surface area (Å²) in [4.78, 5) is 0. The predicted octanol–water partition coefficient (Wildman–Crippen LogP) is 1.47. The van der Waals surface area contributed by atoms with Gasteiger partial charge in [-0.2, -0.15) is 0 Å². The van der Waals surface area contributed by atoms with Crippen molar-refractivity contribution in [3.05, 3.63) is 0 Å². The molecular formula is C6H15Al. The van der Waals surface area contributed by atoms with Gasteiger partial charge in [-0.05, 0) is 5.92 Å². The molecule has 0 aliphatic heterocycles. The quantitative estimate of drug-likeness (QED) is 0.487. The molecule has 0 saturated heterocycles. The lowest BCUT2D eigenvalue weighted by Crippen LogP contribution is -1.89. The van der Waals surface area contributed by atoms with E-state index < -0.39 is 0 Å². The SMILES string of the molecule is CCC(C)C[CH2][AlH2]. The first kappa shape index (κ1) is 7.53. The third-order valence-corrected chi connectivity index (χ3v) is 2.06. The van der Waals surface area contributed by atoms with Crippen LogP contribution in [0.1, 0.15) is 26.7 Å². The van der Waals surface area contributed by atoms with Crippen molar-refractivity contribution in [2.24, 2.45) is 5.92 Å². The van der Waals surface area contributed by atoms with E-state index in [-0.39, 0.29) is 0 Å². The van der Waals surface area contributed by atoms with E-state index in [1.54, 1.807) is 0 Å². The van der Waals surface area contributed by atoms with Crippen molar-refractivity contribution < 1.29 is 0 Å². The third kappa shape index (κ3) is 4.38. The van der Waals surface area contributed by atoms with Crippen LogP contribution in [-0.2, 0) is 0 Å². The Balaban J connectivity index is 2.83. The Morgan fingerprint density at radius 2 is 2.14 bits per heavy atom. The van der Waals surface area contributed by atoms with E-state index in [0.29, 0.717) is 0 Å². The molecule has 7 heavy (non-hydrogen) atoms. The molecule has 0 rings (SSSR count). The van der Waals surface area contributed by atoms with Crippen LogP contribution in [0.5, 0.6) is 0 Å². The summed E-state index contributed by atoms with van der Waals surface area (Å²) in [5, 5.41) is 1.48. The number of rotatable bonds is 3. The highest BCUT2D eigenvalue weighted by Crippen LogP contribution is 2.06. The maximum absolute atomic E-state index is 2.33. The van der Waals surface area contributed by atoms with Crippen LogP contribution in [-0.4, -0.2) is 16.3 Å². The van der Waals surface area contributed by atoms with Gasteiger partial charge in [0.2, 0.25) is 16.3 Å². The van der Waals surface area contributed by atoms with Gasteiger partial charge in [-0.1, -0.05) is 26.7 Å². The van der Waals surface area contributed by atoms with Crippen LogP contribution in [0.2, 0.25) is 5.28 Å². The summed E-state index contributed by atoms with van der Waals surface area (Å²) in [5.41, 5.74) is 0. The summed E-state index contributed by atoms with van der Waals surface area (Å²) in [6.45, 7) is 4.60. The molecule has 0 aromatic rings. The monoisotopic (exact) mass is 114 g/mol. The Hall–Kier alpha value is 0.532. The molecule has 0 N–H and O–H groups in total. The fourth-order valence-electron chi connectivity index (χ4n) is 0.697. The fraction of sp³-hybridized carbons (Fsp3) is 1.00. The molecule has 1 unspecified atom stereocenters. The van der Waals surface area contributed by atoms with Gasteiger partial charge >= 0.3 is 0 Å². The average molecular weight is 114 g/mol. The Bertz CT molecular complexity index is 35.2. The molecule has 1 atom stereocenters. The second kappa shape index (κ2) is 4.69. The molecule has 0 aromatic carbocycles.